The number of nitrogens with one attached hydrogen (secondary N) is 1. The normalized spacial score (nSPS) is 11.1. The number of phenols is 1. The van der Waals surface area contributed by atoms with Crippen LogP contribution in [0.1, 0.15) is 11.1 Å². The summed E-state index contributed by atoms with van der Waals surface area (Å²) in [6.07, 6.45) is 1.61. The van der Waals surface area contributed by atoms with E-state index in [9.17, 15) is 9.90 Å². The number of carbonyl (C=O) groups excluding carboxylic acids is 1. The second-order valence-corrected chi connectivity index (χ2v) is 5.73. The molecule has 0 spiro atoms. The SMILES string of the molecule is O=C(Cc1ccccc1)N/N=C/c1cc(N=Nc2ccccc2)ccc1O. The molecule has 0 radical (unpaired) electrons. The monoisotopic (exact) mass is 358 g/mol. The Kier molecular flexibility index (Phi) is 6.04. The van der Waals surface area contributed by atoms with Crippen LogP contribution in [0.3, 0.4) is 0 Å². The van der Waals surface area contributed by atoms with E-state index >= 15 is 0 Å². The van der Waals surface area contributed by atoms with Gasteiger partial charge in [0.1, 0.15) is 5.75 Å². The summed E-state index contributed by atoms with van der Waals surface area (Å²) in [6, 6.07) is 23.5. The Bertz CT molecular complexity index is 954. The van der Waals surface area contributed by atoms with Gasteiger partial charge in [0.05, 0.1) is 24.0 Å². The van der Waals surface area contributed by atoms with E-state index in [1.165, 1.54) is 12.3 Å². The largest absolute Gasteiger partial charge is 0.507 e. The summed E-state index contributed by atoms with van der Waals surface area (Å²) < 4.78 is 0. The molecule has 3 aromatic carbocycles. The van der Waals surface area contributed by atoms with Crippen LogP contribution in [0.25, 0.3) is 0 Å². The number of amides is 1. The molecule has 0 bridgehead atoms. The summed E-state index contributed by atoms with van der Waals surface area (Å²) in [6.45, 7) is 0. The van der Waals surface area contributed by atoms with Gasteiger partial charge in [0.25, 0.3) is 0 Å². The quantitative estimate of drug-likeness (QED) is 0.386. The summed E-state index contributed by atoms with van der Waals surface area (Å²) in [7, 11) is 0. The number of phenolic OH excluding ortho intramolecular Hbond substituents is 1. The maximum Gasteiger partial charge on any atom is 0.244 e. The highest BCUT2D eigenvalue weighted by atomic mass is 16.3. The molecule has 27 heavy (non-hydrogen) atoms. The average molecular weight is 358 g/mol. The number of aromatic hydroxyl groups is 1. The molecule has 3 aromatic rings. The molecule has 0 atom stereocenters. The third kappa shape index (κ3) is 5.61. The fourth-order valence-electron chi connectivity index (χ4n) is 2.31. The molecule has 0 fully saturated rings. The zero-order valence-corrected chi connectivity index (χ0v) is 14.5. The Morgan fingerprint density at radius 3 is 2.30 bits per heavy atom. The second kappa shape index (κ2) is 9.05. The third-order valence-electron chi connectivity index (χ3n) is 3.65. The van der Waals surface area contributed by atoms with Crippen molar-refractivity contribution in [1.29, 1.82) is 0 Å². The molecule has 134 valence electrons. The van der Waals surface area contributed by atoms with Gasteiger partial charge in [-0.25, -0.2) is 5.43 Å². The number of azo groups is 1. The van der Waals surface area contributed by atoms with Gasteiger partial charge in [-0.2, -0.15) is 15.3 Å². The van der Waals surface area contributed by atoms with Crippen LogP contribution in [0.5, 0.6) is 5.75 Å². The van der Waals surface area contributed by atoms with E-state index < -0.39 is 0 Å². The van der Waals surface area contributed by atoms with Gasteiger partial charge < -0.3 is 5.11 Å². The van der Waals surface area contributed by atoms with Gasteiger partial charge in [-0.3, -0.25) is 4.79 Å². The first-order valence-corrected chi connectivity index (χ1v) is 8.36. The summed E-state index contributed by atoms with van der Waals surface area (Å²) in [5.74, 6) is -0.202. The van der Waals surface area contributed by atoms with Crippen molar-refractivity contribution in [1.82, 2.24) is 5.43 Å². The molecule has 0 saturated heterocycles. The highest BCUT2D eigenvalue weighted by Gasteiger charge is 2.03. The van der Waals surface area contributed by atoms with Gasteiger partial charge in [-0.15, -0.1) is 0 Å². The maximum atomic E-state index is 11.9. The number of benzene rings is 3. The molecule has 6 heteroatoms. The van der Waals surface area contributed by atoms with Crippen LogP contribution in [0, 0.1) is 0 Å². The zero-order valence-electron chi connectivity index (χ0n) is 14.5. The van der Waals surface area contributed by atoms with Crippen LogP contribution in [0.4, 0.5) is 11.4 Å². The first-order chi connectivity index (χ1) is 13.2. The molecule has 6 nitrogen and oxygen atoms in total. The van der Waals surface area contributed by atoms with E-state index in [2.05, 4.69) is 20.8 Å². The van der Waals surface area contributed by atoms with Gasteiger partial charge in [-0.1, -0.05) is 48.5 Å². The number of hydrazone groups is 1. The number of rotatable bonds is 6. The van der Waals surface area contributed by atoms with Crippen LogP contribution in [-0.4, -0.2) is 17.2 Å². The second-order valence-electron chi connectivity index (χ2n) is 5.73. The fourth-order valence-corrected chi connectivity index (χ4v) is 2.31. The summed E-state index contributed by atoms with van der Waals surface area (Å²) in [5, 5.41) is 22.1. The molecular weight excluding hydrogens is 340 g/mol. The van der Waals surface area contributed by atoms with Crippen molar-refractivity contribution in [3.05, 3.63) is 90.0 Å². The van der Waals surface area contributed by atoms with Crippen molar-refractivity contribution in [2.24, 2.45) is 15.3 Å². The Morgan fingerprint density at radius 2 is 1.56 bits per heavy atom. The van der Waals surface area contributed by atoms with E-state index in [0.29, 0.717) is 11.3 Å². The van der Waals surface area contributed by atoms with Crippen molar-refractivity contribution in [2.45, 2.75) is 6.42 Å². The molecular formula is C21H18N4O2. The van der Waals surface area contributed by atoms with E-state index in [1.54, 1.807) is 12.1 Å². The van der Waals surface area contributed by atoms with Gasteiger partial charge in [-0.05, 0) is 35.9 Å². The standard InChI is InChI=1S/C21H18N4O2/c26-20-12-11-19(24-23-18-9-5-2-6-10-18)14-17(20)15-22-25-21(27)13-16-7-3-1-4-8-16/h1-12,14-15,26H,13H2,(H,25,27)/b22-15+,24-23?. The van der Waals surface area contributed by atoms with Crippen LogP contribution >= 0.6 is 0 Å². The lowest BCUT2D eigenvalue weighted by Gasteiger charge is -2.02. The lowest BCUT2D eigenvalue weighted by atomic mass is 10.1. The minimum absolute atomic E-state index is 0.0368. The molecule has 0 aliphatic heterocycles. The lowest BCUT2D eigenvalue weighted by molar-refractivity contribution is -0.120. The fraction of sp³-hybridized carbons (Fsp3) is 0.0476. The van der Waals surface area contributed by atoms with Crippen LogP contribution in [0.15, 0.2) is 94.2 Å². The van der Waals surface area contributed by atoms with Crippen molar-refractivity contribution in [3.8, 4) is 5.75 Å². The number of carbonyl (C=O) groups is 1. The molecule has 1 amide bonds. The third-order valence-corrected chi connectivity index (χ3v) is 3.65. The van der Waals surface area contributed by atoms with Crippen molar-refractivity contribution in [2.75, 3.05) is 0 Å². The summed E-state index contributed by atoms with van der Waals surface area (Å²) >= 11 is 0. The minimum atomic E-state index is -0.239. The van der Waals surface area contributed by atoms with Gasteiger partial charge in [0, 0.05) is 5.56 Å². The van der Waals surface area contributed by atoms with Crippen molar-refractivity contribution < 1.29 is 9.90 Å². The number of nitrogens with zero attached hydrogens (tertiary/aromatic N) is 3. The molecule has 0 aromatic heterocycles. The zero-order chi connectivity index (χ0) is 18.9. The van der Waals surface area contributed by atoms with E-state index in [0.717, 1.165) is 11.3 Å². The molecule has 2 N–H and O–H groups in total. The van der Waals surface area contributed by atoms with Gasteiger partial charge >= 0.3 is 0 Å². The highest BCUT2D eigenvalue weighted by molar-refractivity contribution is 5.86. The van der Waals surface area contributed by atoms with Crippen LogP contribution in [-0.2, 0) is 11.2 Å². The Morgan fingerprint density at radius 1 is 0.889 bits per heavy atom. The first-order valence-electron chi connectivity index (χ1n) is 8.36. The van der Waals surface area contributed by atoms with E-state index in [4.69, 9.17) is 0 Å². The highest BCUT2D eigenvalue weighted by Crippen LogP contribution is 2.23. The lowest BCUT2D eigenvalue weighted by Crippen LogP contribution is -2.19. The van der Waals surface area contributed by atoms with Crippen LogP contribution < -0.4 is 5.43 Å². The van der Waals surface area contributed by atoms with E-state index in [1.807, 2.05) is 60.7 Å². The summed E-state index contributed by atoms with van der Waals surface area (Å²) in [5.41, 5.74) is 5.07. The van der Waals surface area contributed by atoms with Crippen molar-refractivity contribution in [3.63, 3.8) is 0 Å². The predicted molar refractivity (Wildman–Crippen MR) is 105 cm³/mol. The molecule has 0 heterocycles. The topological polar surface area (TPSA) is 86.4 Å². The number of hydrogen-bond acceptors (Lipinski definition) is 5. The molecule has 0 saturated carbocycles. The average Bonchev–Trinajstić information content (AvgIpc) is 2.70. The predicted octanol–water partition coefficient (Wildman–Crippen LogP) is 4.50. The Balaban J connectivity index is 1.63. The van der Waals surface area contributed by atoms with Gasteiger partial charge in [0.15, 0.2) is 0 Å². The molecule has 0 aliphatic rings. The number of hydrogen-bond donors (Lipinski definition) is 2. The molecule has 3 rings (SSSR count). The molecule has 0 unspecified atom stereocenters. The smallest absolute Gasteiger partial charge is 0.244 e. The van der Waals surface area contributed by atoms with E-state index in [-0.39, 0.29) is 18.1 Å². The van der Waals surface area contributed by atoms with Crippen LogP contribution in [0.2, 0.25) is 0 Å². The van der Waals surface area contributed by atoms with Crippen molar-refractivity contribution >= 4 is 23.5 Å². The minimum Gasteiger partial charge on any atom is -0.507 e. The Hall–Kier alpha value is -3.80. The summed E-state index contributed by atoms with van der Waals surface area (Å²) in [4.78, 5) is 11.9. The molecule has 0 aliphatic carbocycles. The maximum absolute atomic E-state index is 11.9. The first kappa shape index (κ1) is 18.0. The van der Waals surface area contributed by atoms with Gasteiger partial charge in [0.2, 0.25) is 5.91 Å². The Labute approximate surface area is 156 Å².